The number of nitrogens with zero attached hydrogens (tertiary/aromatic N) is 1. The molecule has 0 saturated heterocycles. The van der Waals surface area contributed by atoms with Crippen LogP contribution in [0.2, 0.25) is 5.02 Å². The van der Waals surface area contributed by atoms with E-state index in [9.17, 15) is 14.0 Å². The van der Waals surface area contributed by atoms with Gasteiger partial charge in [-0.2, -0.15) is 0 Å². The maximum absolute atomic E-state index is 13.6. The van der Waals surface area contributed by atoms with E-state index >= 15 is 0 Å². The highest BCUT2D eigenvalue weighted by atomic mass is 35.5. The first-order valence-corrected chi connectivity index (χ1v) is 5.54. The van der Waals surface area contributed by atoms with Crippen LogP contribution in [0.15, 0.2) is 6.07 Å². The van der Waals surface area contributed by atoms with Crippen LogP contribution < -0.4 is 10.6 Å². The number of hydrogen-bond donors (Lipinski definition) is 1. The summed E-state index contributed by atoms with van der Waals surface area (Å²) in [5.74, 6) is -2.18. The van der Waals surface area contributed by atoms with Crippen LogP contribution in [-0.2, 0) is 9.59 Å². The van der Waals surface area contributed by atoms with Gasteiger partial charge in [0.1, 0.15) is 5.82 Å². The zero-order valence-electron chi connectivity index (χ0n) is 8.59. The molecule has 4 nitrogen and oxygen atoms in total. The summed E-state index contributed by atoms with van der Waals surface area (Å²) in [5.41, 5.74) is 1.09. The van der Waals surface area contributed by atoms with Gasteiger partial charge in [-0.05, 0) is 18.8 Å². The molecule has 0 spiro atoms. The predicted octanol–water partition coefficient (Wildman–Crippen LogP) is 2.07. The molecular weight excluding hydrogens is 247 g/mol. The van der Waals surface area contributed by atoms with E-state index in [-0.39, 0.29) is 16.6 Å². The molecule has 1 saturated carbocycles. The van der Waals surface area contributed by atoms with Gasteiger partial charge in [0.15, 0.2) is 0 Å². The minimum absolute atomic E-state index is 0.0103. The van der Waals surface area contributed by atoms with Gasteiger partial charge in [0, 0.05) is 11.6 Å². The van der Waals surface area contributed by atoms with Crippen LogP contribution in [0.3, 0.4) is 0 Å². The van der Waals surface area contributed by atoms with Crippen molar-refractivity contribution in [3.05, 3.63) is 22.5 Å². The summed E-state index contributed by atoms with van der Waals surface area (Å²) in [4.78, 5) is 22.4. The number of nitrogens with one attached hydrogen (secondary N) is 1. The van der Waals surface area contributed by atoms with Crippen molar-refractivity contribution in [2.24, 2.45) is 0 Å². The monoisotopic (exact) mass is 253 g/mol. The van der Waals surface area contributed by atoms with Crippen LogP contribution in [0.1, 0.15) is 24.3 Å². The molecule has 87 valence electrons. The van der Waals surface area contributed by atoms with E-state index in [0.29, 0.717) is 11.3 Å². The molecule has 0 aromatic heterocycles. The number of benzene rings is 1. The third-order valence-corrected chi connectivity index (χ3v) is 3.26. The van der Waals surface area contributed by atoms with E-state index in [1.807, 2.05) is 0 Å². The third-order valence-electron chi connectivity index (χ3n) is 2.88. The fourth-order valence-corrected chi connectivity index (χ4v) is 2.24. The minimum Gasteiger partial charge on any atom is -0.315 e. The van der Waals surface area contributed by atoms with E-state index in [4.69, 9.17) is 11.6 Å². The Labute approximate surface area is 101 Å². The number of anilines is 1. The molecule has 0 atom stereocenters. The highest BCUT2D eigenvalue weighted by Gasteiger charge is 2.35. The van der Waals surface area contributed by atoms with Gasteiger partial charge in [0.2, 0.25) is 0 Å². The smallest absolute Gasteiger partial charge is 0.315 e. The van der Waals surface area contributed by atoms with Gasteiger partial charge < -0.3 is 5.32 Å². The summed E-state index contributed by atoms with van der Waals surface area (Å²) in [7, 11) is 0. The number of carbonyl (C=O) groups excluding carboxylic acids is 2. The number of hydrogen-bond acceptors (Lipinski definition) is 2. The maximum atomic E-state index is 13.6. The summed E-state index contributed by atoms with van der Waals surface area (Å²) in [6.07, 6.45) is 1.80. The standard InChI is InChI=1S/C11H7ClFN2O2/c12-8-5(13)3-6-9(7(8)4-1-2-4)15-11(17)10(16)14-6/h3-4H,1-2H2,(H,15,17). The van der Waals surface area contributed by atoms with Crippen molar-refractivity contribution >= 4 is 34.8 Å². The van der Waals surface area contributed by atoms with Gasteiger partial charge in [0.25, 0.3) is 0 Å². The summed E-state index contributed by atoms with van der Waals surface area (Å²) in [6.45, 7) is 0. The third kappa shape index (κ3) is 1.58. The van der Waals surface area contributed by atoms with Crippen LogP contribution in [-0.4, -0.2) is 11.8 Å². The van der Waals surface area contributed by atoms with Gasteiger partial charge in [-0.15, -0.1) is 0 Å². The maximum Gasteiger partial charge on any atom is 0.335 e. The van der Waals surface area contributed by atoms with Gasteiger partial charge in [-0.25, -0.2) is 9.71 Å². The SMILES string of the molecule is O=C1[N]c2cc(F)c(Cl)c(C3CC3)c2NC1=O. The number of fused-ring (bicyclic) bond motifs is 1. The van der Waals surface area contributed by atoms with E-state index in [1.165, 1.54) is 0 Å². The molecule has 1 fully saturated rings. The quantitative estimate of drug-likeness (QED) is 0.779. The van der Waals surface area contributed by atoms with Gasteiger partial charge in [0.05, 0.1) is 16.4 Å². The average molecular weight is 254 g/mol. The van der Waals surface area contributed by atoms with Crippen molar-refractivity contribution in [1.82, 2.24) is 5.32 Å². The van der Waals surface area contributed by atoms with Crippen molar-refractivity contribution < 1.29 is 14.0 Å². The summed E-state index contributed by atoms with van der Waals surface area (Å²) in [6, 6.07) is 1.07. The van der Waals surface area contributed by atoms with Crippen LogP contribution in [0.4, 0.5) is 15.8 Å². The van der Waals surface area contributed by atoms with Crippen molar-refractivity contribution in [1.29, 1.82) is 0 Å². The number of rotatable bonds is 1. The molecule has 1 N–H and O–H groups in total. The van der Waals surface area contributed by atoms with Crippen LogP contribution in [0.5, 0.6) is 0 Å². The lowest BCUT2D eigenvalue weighted by Crippen LogP contribution is -2.34. The second-order valence-corrected chi connectivity index (χ2v) is 4.50. The van der Waals surface area contributed by atoms with Crippen LogP contribution in [0.25, 0.3) is 0 Å². The topological polar surface area (TPSA) is 60.3 Å². The molecular formula is C11H7ClFN2O2. The summed E-state index contributed by atoms with van der Waals surface area (Å²) < 4.78 is 13.6. The molecule has 6 heteroatoms. The van der Waals surface area contributed by atoms with E-state index in [1.54, 1.807) is 0 Å². The van der Waals surface area contributed by atoms with E-state index in [0.717, 1.165) is 18.9 Å². The summed E-state index contributed by atoms with van der Waals surface area (Å²) in [5, 5.41) is 5.99. The molecule has 1 aliphatic carbocycles. The Morgan fingerprint density at radius 2 is 2.12 bits per heavy atom. The molecule has 1 radical (unpaired) electrons. The van der Waals surface area contributed by atoms with Gasteiger partial charge in [-0.3, -0.25) is 9.59 Å². The zero-order chi connectivity index (χ0) is 12.2. The van der Waals surface area contributed by atoms with Crippen molar-refractivity contribution in [3.8, 4) is 0 Å². The van der Waals surface area contributed by atoms with Gasteiger partial charge in [-0.1, -0.05) is 11.6 Å². The Morgan fingerprint density at radius 3 is 2.76 bits per heavy atom. The Bertz CT molecular complexity index is 555. The highest BCUT2D eigenvalue weighted by molar-refractivity contribution is 6.43. The second-order valence-electron chi connectivity index (χ2n) is 4.13. The molecule has 1 aliphatic heterocycles. The molecule has 17 heavy (non-hydrogen) atoms. The highest BCUT2D eigenvalue weighted by Crippen LogP contribution is 2.50. The second kappa shape index (κ2) is 3.43. The lowest BCUT2D eigenvalue weighted by molar-refractivity contribution is -0.135. The predicted molar refractivity (Wildman–Crippen MR) is 58.8 cm³/mol. The van der Waals surface area contributed by atoms with Crippen molar-refractivity contribution in [2.75, 3.05) is 5.32 Å². The summed E-state index contributed by atoms with van der Waals surface area (Å²) >= 11 is 5.90. The lowest BCUT2D eigenvalue weighted by atomic mass is 10.0. The van der Waals surface area contributed by atoms with Crippen LogP contribution >= 0.6 is 11.6 Å². The molecule has 2 amide bonds. The Kier molecular flexibility index (Phi) is 2.13. The molecule has 1 aromatic rings. The molecule has 3 rings (SSSR count). The average Bonchev–Trinajstić information content (AvgIpc) is 3.07. The van der Waals surface area contributed by atoms with E-state index < -0.39 is 17.6 Å². The first-order chi connectivity index (χ1) is 8.08. The fourth-order valence-electron chi connectivity index (χ4n) is 1.93. The largest absolute Gasteiger partial charge is 0.335 e. The zero-order valence-corrected chi connectivity index (χ0v) is 9.34. The lowest BCUT2D eigenvalue weighted by Gasteiger charge is -2.20. The first-order valence-electron chi connectivity index (χ1n) is 5.17. The Morgan fingerprint density at radius 1 is 1.41 bits per heavy atom. The van der Waals surface area contributed by atoms with Crippen LogP contribution in [0, 0.1) is 5.82 Å². The fraction of sp³-hybridized carbons (Fsp3) is 0.273. The molecule has 1 aromatic carbocycles. The Hall–Kier alpha value is -1.62. The number of carbonyl (C=O) groups is 2. The molecule has 0 bridgehead atoms. The number of amides is 2. The van der Waals surface area contributed by atoms with E-state index in [2.05, 4.69) is 10.6 Å². The number of halogens is 2. The molecule has 0 unspecified atom stereocenters. The van der Waals surface area contributed by atoms with Crippen molar-refractivity contribution in [2.45, 2.75) is 18.8 Å². The normalized spacial score (nSPS) is 18.5. The first kappa shape index (κ1) is 10.5. The molecule has 1 heterocycles. The van der Waals surface area contributed by atoms with Gasteiger partial charge >= 0.3 is 11.8 Å². The van der Waals surface area contributed by atoms with Crippen molar-refractivity contribution in [3.63, 3.8) is 0 Å². The molecule has 2 aliphatic rings. The Balaban J connectivity index is 2.21. The minimum atomic E-state index is -0.916.